The molecule has 1 heterocycles. The van der Waals surface area contributed by atoms with Crippen LogP contribution in [0.3, 0.4) is 0 Å². The lowest BCUT2D eigenvalue weighted by Gasteiger charge is -2.34. The van der Waals surface area contributed by atoms with E-state index in [1.165, 1.54) is 0 Å². The molecule has 30 heavy (non-hydrogen) atoms. The molecule has 1 N–H and O–H groups in total. The highest BCUT2D eigenvalue weighted by atomic mass is 16.6. The molecular weight excluding hydrogens is 380 g/mol. The number of rotatable bonds is 6. The van der Waals surface area contributed by atoms with Crippen molar-refractivity contribution in [1.82, 2.24) is 10.2 Å². The fourth-order valence-electron chi connectivity index (χ4n) is 4.15. The molecule has 0 aromatic heterocycles. The van der Waals surface area contributed by atoms with E-state index in [1.807, 2.05) is 51.1 Å². The summed E-state index contributed by atoms with van der Waals surface area (Å²) >= 11 is 0. The van der Waals surface area contributed by atoms with E-state index >= 15 is 0 Å². The summed E-state index contributed by atoms with van der Waals surface area (Å²) in [6.07, 6.45) is 5.82. The van der Waals surface area contributed by atoms with E-state index in [0.29, 0.717) is 19.0 Å². The van der Waals surface area contributed by atoms with Crippen LogP contribution in [0, 0.1) is 5.92 Å². The lowest BCUT2D eigenvalue weighted by molar-refractivity contribution is -0.151. The van der Waals surface area contributed by atoms with Gasteiger partial charge in [-0.2, -0.15) is 0 Å². The van der Waals surface area contributed by atoms with Gasteiger partial charge < -0.3 is 19.7 Å². The number of hydrogen-bond acceptors (Lipinski definition) is 5. The first kappa shape index (κ1) is 22.6. The fraction of sp³-hybridized carbons (Fsp3) is 0.667. The zero-order chi connectivity index (χ0) is 21.6. The molecule has 1 saturated carbocycles. The predicted molar refractivity (Wildman–Crippen MR) is 116 cm³/mol. The zero-order valence-electron chi connectivity index (χ0n) is 18.6. The molecule has 0 unspecified atom stereocenters. The Labute approximate surface area is 180 Å². The van der Waals surface area contributed by atoms with Gasteiger partial charge in [0.15, 0.2) is 0 Å². The molecule has 1 atom stereocenters. The Hall–Kier alpha value is -2.08. The summed E-state index contributed by atoms with van der Waals surface area (Å²) in [5.41, 5.74) is 0.463. The van der Waals surface area contributed by atoms with Gasteiger partial charge in [-0.15, -0.1) is 0 Å². The van der Waals surface area contributed by atoms with Crippen LogP contribution in [-0.4, -0.2) is 48.3 Å². The number of esters is 1. The summed E-state index contributed by atoms with van der Waals surface area (Å²) < 4.78 is 11.3. The number of amides is 1. The number of nitrogens with zero attached hydrogens (tertiary/aromatic N) is 1. The van der Waals surface area contributed by atoms with Gasteiger partial charge in [-0.05, 0) is 77.3 Å². The fourth-order valence-corrected chi connectivity index (χ4v) is 4.15. The normalized spacial score (nSPS) is 19.5. The third-order valence-electron chi connectivity index (χ3n) is 5.83. The van der Waals surface area contributed by atoms with Crippen molar-refractivity contribution in [2.45, 2.75) is 77.0 Å². The van der Waals surface area contributed by atoms with Crippen LogP contribution >= 0.6 is 0 Å². The van der Waals surface area contributed by atoms with Crippen LogP contribution in [0.4, 0.5) is 4.79 Å². The standard InChI is InChI=1S/C24H36N2O4/c1-24(2,3)30-23(28)26-15-13-18(14-16-26)17-25-21(19-9-5-4-6-10-19)22(27)29-20-11-7-8-12-20/h4-6,9-10,18,20-21,25H,7-8,11-17H2,1-3H3/t21-/m0/s1. The van der Waals surface area contributed by atoms with E-state index in [0.717, 1.165) is 50.6 Å². The summed E-state index contributed by atoms with van der Waals surface area (Å²) in [5.74, 6) is 0.230. The van der Waals surface area contributed by atoms with Crippen molar-refractivity contribution in [3.05, 3.63) is 35.9 Å². The number of piperidine rings is 1. The molecule has 2 aliphatic rings. The summed E-state index contributed by atoms with van der Waals surface area (Å²) in [6, 6.07) is 9.35. The lowest BCUT2D eigenvalue weighted by atomic mass is 9.96. The third kappa shape index (κ3) is 6.73. The monoisotopic (exact) mass is 416 g/mol. The van der Waals surface area contributed by atoms with Crippen molar-refractivity contribution >= 4 is 12.1 Å². The van der Waals surface area contributed by atoms with Crippen LogP contribution in [0.5, 0.6) is 0 Å². The van der Waals surface area contributed by atoms with Gasteiger partial charge in [-0.25, -0.2) is 9.59 Å². The molecule has 6 heteroatoms. The molecule has 0 radical (unpaired) electrons. The molecule has 2 fully saturated rings. The van der Waals surface area contributed by atoms with Gasteiger partial charge in [-0.1, -0.05) is 30.3 Å². The predicted octanol–water partition coefficient (Wildman–Crippen LogP) is 4.45. The Morgan fingerprint density at radius 3 is 2.30 bits per heavy atom. The minimum atomic E-state index is -0.474. The molecule has 1 aromatic rings. The number of carbonyl (C=O) groups is 2. The molecular formula is C24H36N2O4. The minimum Gasteiger partial charge on any atom is -0.461 e. The maximum absolute atomic E-state index is 12.9. The molecule has 6 nitrogen and oxygen atoms in total. The molecule has 1 aromatic carbocycles. The number of carbonyl (C=O) groups excluding carboxylic acids is 2. The second kappa shape index (κ2) is 10.3. The van der Waals surface area contributed by atoms with E-state index in [-0.39, 0.29) is 18.2 Å². The molecule has 3 rings (SSSR count). The Kier molecular flexibility index (Phi) is 7.75. The quantitative estimate of drug-likeness (QED) is 0.694. The van der Waals surface area contributed by atoms with E-state index in [4.69, 9.17) is 9.47 Å². The summed E-state index contributed by atoms with van der Waals surface area (Å²) in [4.78, 5) is 26.9. The van der Waals surface area contributed by atoms with Crippen LogP contribution in [0.15, 0.2) is 30.3 Å². The molecule has 1 aliphatic carbocycles. The topological polar surface area (TPSA) is 67.9 Å². The van der Waals surface area contributed by atoms with Crippen molar-refractivity contribution in [1.29, 1.82) is 0 Å². The van der Waals surface area contributed by atoms with Crippen molar-refractivity contribution in [2.75, 3.05) is 19.6 Å². The highest BCUT2D eigenvalue weighted by Gasteiger charge is 2.30. The van der Waals surface area contributed by atoms with Gasteiger partial charge in [0.05, 0.1) is 0 Å². The van der Waals surface area contributed by atoms with E-state index in [1.54, 1.807) is 4.90 Å². The Bertz CT molecular complexity index is 687. The molecule has 1 amide bonds. The Morgan fingerprint density at radius 2 is 1.70 bits per heavy atom. The minimum absolute atomic E-state index is 0.0579. The zero-order valence-corrected chi connectivity index (χ0v) is 18.6. The molecule has 1 saturated heterocycles. The van der Waals surface area contributed by atoms with E-state index in [2.05, 4.69) is 5.32 Å². The number of nitrogens with one attached hydrogen (secondary N) is 1. The van der Waals surface area contributed by atoms with Gasteiger partial charge in [0.25, 0.3) is 0 Å². The van der Waals surface area contributed by atoms with Crippen LogP contribution in [0.2, 0.25) is 0 Å². The van der Waals surface area contributed by atoms with Crippen molar-refractivity contribution in [2.24, 2.45) is 5.92 Å². The number of likely N-dealkylation sites (tertiary alicyclic amines) is 1. The smallest absolute Gasteiger partial charge is 0.410 e. The van der Waals surface area contributed by atoms with Crippen LogP contribution in [-0.2, 0) is 14.3 Å². The summed E-state index contributed by atoms with van der Waals surface area (Å²) in [5, 5.41) is 3.45. The molecule has 0 spiro atoms. The van der Waals surface area contributed by atoms with Gasteiger partial charge in [-0.3, -0.25) is 0 Å². The second-order valence-corrected chi connectivity index (χ2v) is 9.51. The lowest BCUT2D eigenvalue weighted by Crippen LogP contribution is -2.44. The van der Waals surface area contributed by atoms with Gasteiger partial charge in [0, 0.05) is 13.1 Å². The number of ether oxygens (including phenoxy) is 2. The summed E-state index contributed by atoms with van der Waals surface area (Å²) in [6.45, 7) is 7.75. The Balaban J connectivity index is 1.52. The summed E-state index contributed by atoms with van der Waals surface area (Å²) in [7, 11) is 0. The highest BCUT2D eigenvalue weighted by molar-refractivity contribution is 5.77. The first-order valence-electron chi connectivity index (χ1n) is 11.3. The van der Waals surface area contributed by atoms with Crippen LogP contribution in [0.1, 0.15) is 70.9 Å². The first-order valence-corrected chi connectivity index (χ1v) is 11.3. The van der Waals surface area contributed by atoms with Crippen LogP contribution in [0.25, 0.3) is 0 Å². The van der Waals surface area contributed by atoms with E-state index in [9.17, 15) is 9.59 Å². The SMILES string of the molecule is CC(C)(C)OC(=O)N1CCC(CN[C@H](C(=O)OC2CCCC2)c2ccccc2)CC1. The second-order valence-electron chi connectivity index (χ2n) is 9.51. The number of benzene rings is 1. The first-order chi connectivity index (χ1) is 14.3. The van der Waals surface area contributed by atoms with Crippen molar-refractivity contribution < 1.29 is 19.1 Å². The average Bonchev–Trinajstić information content (AvgIpc) is 3.21. The van der Waals surface area contributed by atoms with Gasteiger partial charge >= 0.3 is 12.1 Å². The van der Waals surface area contributed by atoms with Crippen molar-refractivity contribution in [3.8, 4) is 0 Å². The Morgan fingerprint density at radius 1 is 1.07 bits per heavy atom. The molecule has 1 aliphatic heterocycles. The van der Waals surface area contributed by atoms with Gasteiger partial charge in [0.2, 0.25) is 0 Å². The maximum Gasteiger partial charge on any atom is 0.410 e. The molecule has 0 bridgehead atoms. The highest BCUT2D eigenvalue weighted by Crippen LogP contribution is 2.25. The van der Waals surface area contributed by atoms with E-state index < -0.39 is 11.6 Å². The van der Waals surface area contributed by atoms with Crippen molar-refractivity contribution in [3.63, 3.8) is 0 Å². The third-order valence-corrected chi connectivity index (χ3v) is 5.83. The average molecular weight is 417 g/mol. The largest absolute Gasteiger partial charge is 0.461 e. The maximum atomic E-state index is 12.9. The van der Waals surface area contributed by atoms with Crippen LogP contribution < -0.4 is 5.32 Å². The van der Waals surface area contributed by atoms with Gasteiger partial charge in [0.1, 0.15) is 17.7 Å². The molecule has 166 valence electrons. The number of hydrogen-bond donors (Lipinski definition) is 1.